The topological polar surface area (TPSA) is 19.4 Å². The van der Waals surface area contributed by atoms with Gasteiger partial charge in [-0.2, -0.15) is 0 Å². The molecule has 0 aliphatic carbocycles. The molecule has 0 saturated carbocycles. The average Bonchev–Trinajstić information content (AvgIpc) is 0.692. The van der Waals surface area contributed by atoms with E-state index in [1.807, 2.05) is 0 Å². The van der Waals surface area contributed by atoms with Gasteiger partial charge in [-0.3, -0.25) is 0 Å². The van der Waals surface area contributed by atoms with Gasteiger partial charge in [0, 0.05) is 45.3 Å². The number of hydrogen-bond donors (Lipinski definition) is 0. The predicted octanol–water partition coefficient (Wildman–Crippen LogP) is 26.8. The lowest BCUT2D eigenvalue weighted by Gasteiger charge is -2.45. The van der Waals surface area contributed by atoms with E-state index >= 15 is 0 Å². The average molecular weight is 1410 g/mol. The van der Waals surface area contributed by atoms with Gasteiger partial charge in [0.2, 0.25) is 0 Å². The maximum absolute atomic E-state index is 6.16. The van der Waals surface area contributed by atoms with E-state index in [2.05, 4.69) is 447 Å². The quantitative estimate of drug-likeness (QED) is 0.0954. The van der Waals surface area contributed by atoms with Gasteiger partial charge in [-0.15, -0.1) is 0 Å². The van der Waals surface area contributed by atoms with Crippen LogP contribution in [0.15, 0.2) is 437 Å². The molecule has 1 aromatic heterocycles. The van der Waals surface area contributed by atoms with Gasteiger partial charge in [0.05, 0.1) is 11.4 Å². The molecule has 0 atom stereocenters. The summed E-state index contributed by atoms with van der Waals surface area (Å²) in [4.78, 5) is 11.4. The fraction of sp³-hybridized carbons (Fsp3) is 0. The minimum Gasteiger partial charge on any atom is -0.311 e. The molecule has 20 rings (SSSR count). The van der Waals surface area contributed by atoms with Gasteiger partial charge in [-0.1, -0.05) is 328 Å². The van der Waals surface area contributed by atoms with Crippen molar-refractivity contribution in [1.29, 1.82) is 0 Å². The predicted molar refractivity (Wildman–Crippen MR) is 469 cm³/mol. The summed E-state index contributed by atoms with van der Waals surface area (Å²) >= 11 is 0. The number of benzene rings is 17. The zero-order chi connectivity index (χ0) is 73.6. The van der Waals surface area contributed by atoms with Crippen LogP contribution in [0.3, 0.4) is 0 Å². The Morgan fingerprint density at radius 1 is 0.153 bits per heavy atom. The lowest BCUT2D eigenvalue weighted by Crippen LogP contribution is -2.61. The summed E-state index contributed by atoms with van der Waals surface area (Å²) in [7, 11) is 0. The lowest BCUT2D eigenvalue weighted by molar-refractivity contribution is 1.25. The molecule has 4 heteroatoms. The van der Waals surface area contributed by atoms with E-state index in [0.717, 1.165) is 179 Å². The molecule has 2 aliphatic heterocycles. The Labute approximate surface area is 649 Å². The Bertz CT molecular complexity index is 5840. The number of hydrogen-bond acceptors (Lipinski definition) is 3. The molecule has 518 valence electrons. The summed E-state index contributed by atoms with van der Waals surface area (Å²) in [5.41, 5.74) is 38.3. The fourth-order valence-corrected chi connectivity index (χ4v) is 16.7. The molecule has 0 radical (unpaired) electrons. The molecule has 17 aromatic carbocycles. The Balaban J connectivity index is 0.933. The lowest BCUT2D eigenvalue weighted by atomic mass is 9.33. The van der Waals surface area contributed by atoms with Crippen LogP contribution in [-0.4, -0.2) is 11.7 Å². The molecule has 3 nitrogen and oxygen atoms in total. The Kier molecular flexibility index (Phi) is 17.1. The zero-order valence-electron chi connectivity index (χ0n) is 61.0. The largest absolute Gasteiger partial charge is 0.311 e. The van der Waals surface area contributed by atoms with Crippen molar-refractivity contribution >= 4 is 57.2 Å². The first-order valence-corrected chi connectivity index (χ1v) is 38.2. The SMILES string of the molecule is c1ccc(-c2cc(-c3ccccc3)cc(-c3cc(-c4cc(-c5ccccc5)cc(-c5ccccc5)c4)nc(-c4cc5c6c(c4)N(c4cc(-c7ccccc7)cc(-c7ccccc7)c4)c4cc(-c7ccccc7)ccc4B6c4ccc(-c6ccccc6)cc4N5c4cc(-c5ccccc5)cc(-c5ccccc5)c4)c3)c2)cc1. The van der Waals surface area contributed by atoms with Crippen molar-refractivity contribution in [1.82, 2.24) is 4.98 Å². The monoisotopic (exact) mass is 1410 g/mol. The first-order valence-electron chi connectivity index (χ1n) is 38.2. The highest BCUT2D eigenvalue weighted by Gasteiger charge is 2.44. The molecule has 0 saturated heterocycles. The van der Waals surface area contributed by atoms with Gasteiger partial charge in [-0.25, -0.2) is 4.98 Å². The van der Waals surface area contributed by atoms with Crippen LogP contribution in [0.2, 0.25) is 0 Å². The van der Waals surface area contributed by atoms with E-state index in [9.17, 15) is 0 Å². The van der Waals surface area contributed by atoms with Gasteiger partial charge >= 0.3 is 0 Å². The second-order valence-corrected chi connectivity index (χ2v) is 29.0. The number of anilines is 6. The van der Waals surface area contributed by atoms with Crippen molar-refractivity contribution < 1.29 is 0 Å². The number of fused-ring (bicyclic) bond motifs is 4. The Morgan fingerprint density at radius 3 is 0.613 bits per heavy atom. The van der Waals surface area contributed by atoms with Crippen molar-refractivity contribution in [2.45, 2.75) is 0 Å². The van der Waals surface area contributed by atoms with Crippen LogP contribution in [0.1, 0.15) is 0 Å². The molecule has 3 heterocycles. The molecule has 111 heavy (non-hydrogen) atoms. The van der Waals surface area contributed by atoms with Gasteiger partial charge in [0.1, 0.15) is 0 Å². The molecule has 0 N–H and O–H groups in total. The van der Waals surface area contributed by atoms with Crippen LogP contribution in [-0.2, 0) is 0 Å². The smallest absolute Gasteiger partial charge is 0.252 e. The van der Waals surface area contributed by atoms with Gasteiger partial charge in [-0.05, 0) is 248 Å². The number of aromatic nitrogens is 1. The normalized spacial score (nSPS) is 11.9. The maximum Gasteiger partial charge on any atom is 0.252 e. The first-order chi connectivity index (χ1) is 55.0. The van der Waals surface area contributed by atoms with Crippen LogP contribution in [0.4, 0.5) is 34.1 Å². The van der Waals surface area contributed by atoms with Crippen LogP contribution in [0.25, 0.3) is 145 Å². The summed E-state index contributed by atoms with van der Waals surface area (Å²) in [6.45, 7) is -0.239. The van der Waals surface area contributed by atoms with Crippen molar-refractivity contribution in [3.63, 3.8) is 0 Å². The summed E-state index contributed by atoms with van der Waals surface area (Å²) in [6.07, 6.45) is 0. The van der Waals surface area contributed by atoms with E-state index in [0.29, 0.717) is 0 Å². The van der Waals surface area contributed by atoms with Crippen molar-refractivity contribution in [2.24, 2.45) is 0 Å². The highest BCUT2D eigenvalue weighted by atomic mass is 15.2. The van der Waals surface area contributed by atoms with E-state index in [1.165, 1.54) is 16.4 Å². The summed E-state index contributed by atoms with van der Waals surface area (Å²) in [5.74, 6) is 0. The first kappa shape index (κ1) is 66.0. The molecule has 0 fully saturated rings. The van der Waals surface area contributed by atoms with Crippen LogP contribution in [0, 0.1) is 0 Å². The zero-order valence-corrected chi connectivity index (χ0v) is 61.0. The van der Waals surface area contributed by atoms with Crippen LogP contribution in [0.5, 0.6) is 0 Å². The van der Waals surface area contributed by atoms with Crippen molar-refractivity contribution in [3.8, 4) is 145 Å². The third-order valence-electron chi connectivity index (χ3n) is 22.1. The van der Waals surface area contributed by atoms with Crippen molar-refractivity contribution in [2.75, 3.05) is 9.80 Å². The van der Waals surface area contributed by atoms with Gasteiger partial charge in [0.25, 0.3) is 6.71 Å². The van der Waals surface area contributed by atoms with E-state index in [1.54, 1.807) is 0 Å². The van der Waals surface area contributed by atoms with Gasteiger partial charge in [0.15, 0.2) is 0 Å². The number of nitrogens with zero attached hydrogens (tertiary/aromatic N) is 3. The summed E-state index contributed by atoms with van der Waals surface area (Å²) in [6, 6.07) is 161. The molecule has 0 spiro atoms. The van der Waals surface area contributed by atoms with E-state index in [4.69, 9.17) is 4.98 Å². The molecule has 0 unspecified atom stereocenters. The number of rotatable bonds is 15. The van der Waals surface area contributed by atoms with E-state index < -0.39 is 0 Å². The second-order valence-electron chi connectivity index (χ2n) is 29.0. The standard InChI is InChI=1S/C107H72BN3/c1-11-31-73(32-12-1)83-51-53-99-103(69-83)110(97-63-90(79-43-23-7-24-44-79)59-91(64-97)80-45-25-8-26-46-80)105-71-96(72-106-107(105)108(99)100-54-52-84(74-33-13-2-14-34-74)70-104(100)111(106)98-65-92(81-47-27-9-28-48-81)60-93(66-98)82-49-29-10-30-50-82)102-68-94(89-57-85(75-35-15-3-16-36-75)55-86(58-89)76-37-17-4-18-38-76)67-101(109-102)95-61-87(77-39-19-5-20-40-77)56-88(62-95)78-41-21-6-22-42-78/h1-72H. The van der Waals surface area contributed by atoms with Gasteiger partial charge < -0.3 is 9.80 Å². The highest BCUT2D eigenvalue weighted by molar-refractivity contribution is 7.00. The Morgan fingerprint density at radius 2 is 0.351 bits per heavy atom. The third kappa shape index (κ3) is 12.8. The molecule has 18 aromatic rings. The number of pyridine rings is 1. The molecular weight excluding hydrogens is 1340 g/mol. The molecule has 0 amide bonds. The molecular formula is C107H72BN3. The van der Waals surface area contributed by atoms with E-state index in [-0.39, 0.29) is 6.71 Å². The molecule has 0 bridgehead atoms. The minimum absolute atomic E-state index is 0.239. The summed E-state index contributed by atoms with van der Waals surface area (Å²) in [5, 5.41) is 0. The van der Waals surface area contributed by atoms with Crippen LogP contribution < -0.4 is 26.2 Å². The summed E-state index contributed by atoms with van der Waals surface area (Å²) < 4.78 is 0. The fourth-order valence-electron chi connectivity index (χ4n) is 16.7. The Hall–Kier alpha value is -14.4. The second kappa shape index (κ2) is 28.7. The molecule has 2 aliphatic rings. The minimum atomic E-state index is -0.239. The highest BCUT2D eigenvalue weighted by Crippen LogP contribution is 2.51. The van der Waals surface area contributed by atoms with Crippen molar-refractivity contribution in [3.05, 3.63) is 437 Å². The maximum atomic E-state index is 6.16. The third-order valence-corrected chi connectivity index (χ3v) is 22.1. The van der Waals surface area contributed by atoms with Crippen LogP contribution >= 0.6 is 0 Å².